The Balaban J connectivity index is 1.37. The Morgan fingerprint density at radius 1 is 0.317 bits per heavy atom. The monoisotopic (exact) mass is 523 g/mol. The summed E-state index contributed by atoms with van der Waals surface area (Å²) in [7, 11) is 0. The van der Waals surface area contributed by atoms with Gasteiger partial charge in [0.25, 0.3) is 0 Å². The van der Waals surface area contributed by atoms with E-state index in [2.05, 4.69) is 165 Å². The van der Waals surface area contributed by atoms with E-state index in [4.69, 9.17) is 0 Å². The number of aromatic nitrogens is 3. The molecular formula is C38H25N3. The lowest BCUT2D eigenvalue weighted by Gasteiger charge is -2.12. The average molecular weight is 524 g/mol. The van der Waals surface area contributed by atoms with E-state index in [0.717, 1.165) is 11.4 Å². The predicted octanol–water partition coefficient (Wildman–Crippen LogP) is 9.82. The molecule has 6 aromatic carbocycles. The minimum Gasteiger partial charge on any atom is -0.316 e. The minimum atomic E-state index is 1.15. The highest BCUT2D eigenvalue weighted by Gasteiger charge is 2.18. The molecule has 0 fully saturated rings. The van der Waals surface area contributed by atoms with Gasteiger partial charge in [-0.25, -0.2) is 0 Å². The van der Waals surface area contributed by atoms with E-state index in [9.17, 15) is 0 Å². The topological polar surface area (TPSA) is 14.8 Å². The first-order valence-corrected chi connectivity index (χ1v) is 14.0. The summed E-state index contributed by atoms with van der Waals surface area (Å²) in [6, 6.07) is 52.6. The van der Waals surface area contributed by atoms with Gasteiger partial charge >= 0.3 is 0 Å². The molecule has 0 aliphatic heterocycles. The van der Waals surface area contributed by atoms with Crippen LogP contribution in [-0.2, 0) is 0 Å². The standard InChI is InChI=1S/C38H25N3/c1-2-12-27(13-3-1)40-35-19-8-5-16-30(35)32-25-38-33(24-37(32)40)31-17-6-9-20-36(31)41(38)29-15-10-14-28(23-29)39-22-21-26-11-4-7-18-34(26)39/h1-25H. The summed E-state index contributed by atoms with van der Waals surface area (Å²) in [5.41, 5.74) is 9.55. The molecule has 0 aliphatic carbocycles. The molecule has 9 rings (SSSR count). The van der Waals surface area contributed by atoms with Gasteiger partial charge in [-0.1, -0.05) is 78.9 Å². The Morgan fingerprint density at radius 3 is 1.56 bits per heavy atom. The van der Waals surface area contributed by atoms with Gasteiger partial charge in [-0.3, -0.25) is 0 Å². The number of benzene rings is 6. The average Bonchev–Trinajstić information content (AvgIpc) is 3.71. The van der Waals surface area contributed by atoms with Crippen molar-refractivity contribution in [2.24, 2.45) is 0 Å². The summed E-state index contributed by atoms with van der Waals surface area (Å²) < 4.78 is 7.10. The highest BCUT2D eigenvalue weighted by Crippen LogP contribution is 2.39. The van der Waals surface area contributed by atoms with E-state index in [1.807, 2.05) is 0 Å². The van der Waals surface area contributed by atoms with Crippen molar-refractivity contribution in [1.82, 2.24) is 13.7 Å². The van der Waals surface area contributed by atoms with Crippen molar-refractivity contribution in [1.29, 1.82) is 0 Å². The number of hydrogen-bond acceptors (Lipinski definition) is 0. The zero-order chi connectivity index (χ0) is 26.9. The number of fused-ring (bicyclic) bond motifs is 7. The van der Waals surface area contributed by atoms with E-state index < -0.39 is 0 Å². The van der Waals surface area contributed by atoms with Crippen LogP contribution in [0.2, 0.25) is 0 Å². The maximum atomic E-state index is 2.42. The van der Waals surface area contributed by atoms with Gasteiger partial charge in [-0.15, -0.1) is 0 Å². The second kappa shape index (κ2) is 8.48. The predicted molar refractivity (Wildman–Crippen MR) is 172 cm³/mol. The molecule has 0 spiro atoms. The van der Waals surface area contributed by atoms with Crippen molar-refractivity contribution in [2.45, 2.75) is 0 Å². The van der Waals surface area contributed by atoms with Crippen LogP contribution in [-0.4, -0.2) is 13.7 Å². The first-order chi connectivity index (χ1) is 20.3. The van der Waals surface area contributed by atoms with E-state index in [1.54, 1.807) is 0 Å². The van der Waals surface area contributed by atoms with E-state index >= 15 is 0 Å². The van der Waals surface area contributed by atoms with Crippen LogP contribution in [0.3, 0.4) is 0 Å². The fourth-order valence-corrected chi connectivity index (χ4v) is 6.65. The number of para-hydroxylation sites is 4. The molecule has 0 radical (unpaired) electrons. The van der Waals surface area contributed by atoms with Crippen LogP contribution in [0.1, 0.15) is 0 Å². The largest absolute Gasteiger partial charge is 0.316 e. The fourth-order valence-electron chi connectivity index (χ4n) is 6.65. The van der Waals surface area contributed by atoms with E-state index in [0.29, 0.717) is 0 Å². The van der Waals surface area contributed by atoms with Crippen LogP contribution < -0.4 is 0 Å². The lowest BCUT2D eigenvalue weighted by Crippen LogP contribution is -1.97. The summed E-state index contributed by atoms with van der Waals surface area (Å²) in [5.74, 6) is 0. The Morgan fingerprint density at radius 2 is 0.854 bits per heavy atom. The number of nitrogens with zero attached hydrogens (tertiary/aromatic N) is 3. The van der Waals surface area contributed by atoms with Crippen LogP contribution in [0.25, 0.3) is 71.6 Å². The van der Waals surface area contributed by atoms with Crippen LogP contribution in [0.15, 0.2) is 152 Å². The number of rotatable bonds is 3. The van der Waals surface area contributed by atoms with Gasteiger partial charge in [-0.05, 0) is 72.1 Å². The third-order valence-electron chi connectivity index (χ3n) is 8.45. The molecule has 192 valence electrons. The summed E-state index contributed by atoms with van der Waals surface area (Å²) >= 11 is 0. The first kappa shape index (κ1) is 22.3. The molecule has 9 aromatic rings. The smallest absolute Gasteiger partial charge is 0.0548 e. The molecule has 0 aliphatic rings. The van der Waals surface area contributed by atoms with Gasteiger partial charge in [0, 0.05) is 44.8 Å². The second-order valence-electron chi connectivity index (χ2n) is 10.7. The van der Waals surface area contributed by atoms with Gasteiger partial charge < -0.3 is 13.7 Å². The Kier molecular flexibility index (Phi) is 4.61. The van der Waals surface area contributed by atoms with Crippen LogP contribution in [0.5, 0.6) is 0 Å². The first-order valence-electron chi connectivity index (χ1n) is 14.0. The second-order valence-corrected chi connectivity index (χ2v) is 10.7. The van der Waals surface area contributed by atoms with Gasteiger partial charge in [-0.2, -0.15) is 0 Å². The molecule has 3 aromatic heterocycles. The quantitative estimate of drug-likeness (QED) is 0.219. The van der Waals surface area contributed by atoms with E-state index in [-0.39, 0.29) is 0 Å². The Bertz CT molecular complexity index is 2420. The molecule has 0 N–H and O–H groups in total. The fraction of sp³-hybridized carbons (Fsp3) is 0. The zero-order valence-corrected chi connectivity index (χ0v) is 22.3. The van der Waals surface area contributed by atoms with Gasteiger partial charge in [0.05, 0.1) is 27.6 Å². The SMILES string of the molecule is c1ccc(-n2c3ccccc3c3cc4c(cc32)c2ccccc2n4-c2cccc(-n3ccc4ccccc43)c2)cc1. The van der Waals surface area contributed by atoms with Crippen molar-refractivity contribution in [3.05, 3.63) is 152 Å². The molecule has 3 nitrogen and oxygen atoms in total. The molecule has 0 bridgehead atoms. The lowest BCUT2D eigenvalue weighted by molar-refractivity contribution is 1.10. The van der Waals surface area contributed by atoms with Crippen molar-refractivity contribution < 1.29 is 0 Å². The van der Waals surface area contributed by atoms with Crippen molar-refractivity contribution in [2.75, 3.05) is 0 Å². The molecule has 0 atom stereocenters. The molecular weight excluding hydrogens is 498 g/mol. The van der Waals surface area contributed by atoms with Gasteiger partial charge in [0.2, 0.25) is 0 Å². The normalized spacial score (nSPS) is 11.9. The molecule has 0 unspecified atom stereocenters. The van der Waals surface area contributed by atoms with Crippen LogP contribution in [0.4, 0.5) is 0 Å². The summed E-state index contributed by atoms with van der Waals surface area (Å²) in [4.78, 5) is 0. The molecule has 0 saturated carbocycles. The Labute approximate surface area is 236 Å². The van der Waals surface area contributed by atoms with Gasteiger partial charge in [0.1, 0.15) is 0 Å². The lowest BCUT2D eigenvalue weighted by atomic mass is 10.1. The summed E-state index contributed by atoms with van der Waals surface area (Å²) in [6.07, 6.45) is 2.16. The maximum Gasteiger partial charge on any atom is 0.0548 e. The van der Waals surface area contributed by atoms with Crippen molar-refractivity contribution in [3.8, 4) is 17.1 Å². The number of hydrogen-bond donors (Lipinski definition) is 0. The molecule has 3 heterocycles. The highest BCUT2D eigenvalue weighted by molar-refractivity contribution is 6.19. The Hall–Kier alpha value is -5.54. The molecule has 41 heavy (non-hydrogen) atoms. The molecule has 3 heteroatoms. The summed E-state index contributed by atoms with van der Waals surface area (Å²) in [5, 5.41) is 6.27. The van der Waals surface area contributed by atoms with E-state index in [1.165, 1.54) is 60.2 Å². The molecule has 0 saturated heterocycles. The maximum absolute atomic E-state index is 2.42. The van der Waals surface area contributed by atoms with Crippen molar-refractivity contribution in [3.63, 3.8) is 0 Å². The van der Waals surface area contributed by atoms with Crippen LogP contribution in [0, 0.1) is 0 Å². The highest BCUT2D eigenvalue weighted by atomic mass is 15.0. The zero-order valence-electron chi connectivity index (χ0n) is 22.3. The van der Waals surface area contributed by atoms with Crippen LogP contribution >= 0.6 is 0 Å². The van der Waals surface area contributed by atoms with Crippen molar-refractivity contribution >= 4 is 54.5 Å². The summed E-state index contributed by atoms with van der Waals surface area (Å²) in [6.45, 7) is 0. The van der Waals surface area contributed by atoms with Gasteiger partial charge in [0.15, 0.2) is 0 Å². The minimum absolute atomic E-state index is 1.15. The third-order valence-corrected chi connectivity index (χ3v) is 8.45. The molecule has 0 amide bonds. The third kappa shape index (κ3) is 3.20.